The molecule has 0 aromatic heterocycles. The van der Waals surface area contributed by atoms with E-state index in [0.717, 1.165) is 25.9 Å². The molecule has 2 atom stereocenters. The Bertz CT molecular complexity index is 348. The fourth-order valence-electron chi connectivity index (χ4n) is 2.88. The fraction of sp³-hybridized carbons (Fsp3) is 0.857. The van der Waals surface area contributed by atoms with Gasteiger partial charge in [0.25, 0.3) is 0 Å². The fourth-order valence-corrected chi connectivity index (χ4v) is 2.88. The Balaban J connectivity index is 2.05. The molecule has 4 nitrogen and oxygen atoms in total. The molecule has 18 heavy (non-hydrogen) atoms. The topological polar surface area (TPSA) is 49.4 Å². The SMILES string of the molecule is CC(C)C1(C)CC(=O)N(CC2CCCNC2)C1=O. The average Bonchev–Trinajstić information content (AvgIpc) is 2.56. The lowest BCUT2D eigenvalue weighted by molar-refractivity contribution is -0.142. The van der Waals surface area contributed by atoms with Gasteiger partial charge in [-0.1, -0.05) is 13.8 Å². The molecular weight excluding hydrogens is 228 g/mol. The molecule has 0 aromatic rings. The largest absolute Gasteiger partial charge is 0.316 e. The highest BCUT2D eigenvalue weighted by atomic mass is 16.2. The van der Waals surface area contributed by atoms with Gasteiger partial charge in [0, 0.05) is 13.0 Å². The molecule has 2 aliphatic rings. The summed E-state index contributed by atoms with van der Waals surface area (Å²) >= 11 is 0. The third-order valence-electron chi connectivity index (χ3n) is 4.67. The van der Waals surface area contributed by atoms with Gasteiger partial charge in [-0.3, -0.25) is 14.5 Å². The summed E-state index contributed by atoms with van der Waals surface area (Å²) < 4.78 is 0. The number of nitrogens with zero attached hydrogens (tertiary/aromatic N) is 1. The quantitative estimate of drug-likeness (QED) is 0.773. The minimum absolute atomic E-state index is 0.0155. The number of amides is 2. The molecule has 0 radical (unpaired) electrons. The molecule has 0 aliphatic carbocycles. The zero-order valence-electron chi connectivity index (χ0n) is 11.7. The van der Waals surface area contributed by atoms with Gasteiger partial charge in [0.2, 0.25) is 11.8 Å². The molecule has 0 saturated carbocycles. The smallest absolute Gasteiger partial charge is 0.235 e. The number of carbonyl (C=O) groups excluding carboxylic acids is 2. The lowest BCUT2D eigenvalue weighted by Crippen LogP contribution is -2.43. The second-order valence-electron chi connectivity index (χ2n) is 6.27. The van der Waals surface area contributed by atoms with Crippen LogP contribution in [0.4, 0.5) is 0 Å². The minimum atomic E-state index is -0.487. The van der Waals surface area contributed by atoms with Crippen LogP contribution in [0.2, 0.25) is 0 Å². The third kappa shape index (κ3) is 2.30. The summed E-state index contributed by atoms with van der Waals surface area (Å²) in [4.78, 5) is 26.0. The summed E-state index contributed by atoms with van der Waals surface area (Å²) in [5.41, 5.74) is -0.487. The average molecular weight is 252 g/mol. The number of hydrogen-bond acceptors (Lipinski definition) is 3. The van der Waals surface area contributed by atoms with Crippen LogP contribution in [0.1, 0.15) is 40.0 Å². The van der Waals surface area contributed by atoms with E-state index >= 15 is 0 Å². The molecule has 0 bridgehead atoms. The van der Waals surface area contributed by atoms with Gasteiger partial charge in [-0.2, -0.15) is 0 Å². The Hall–Kier alpha value is -0.900. The first-order chi connectivity index (χ1) is 8.45. The molecule has 2 rings (SSSR count). The molecule has 0 spiro atoms. The van der Waals surface area contributed by atoms with Crippen LogP contribution in [0, 0.1) is 17.3 Å². The normalized spacial score (nSPS) is 33.6. The van der Waals surface area contributed by atoms with E-state index in [2.05, 4.69) is 5.32 Å². The van der Waals surface area contributed by atoms with Crippen LogP contribution in [0.5, 0.6) is 0 Å². The highest BCUT2D eigenvalue weighted by molar-refractivity contribution is 6.05. The van der Waals surface area contributed by atoms with Gasteiger partial charge in [-0.05, 0) is 44.7 Å². The van der Waals surface area contributed by atoms with Crippen LogP contribution in [0.25, 0.3) is 0 Å². The first-order valence-electron chi connectivity index (χ1n) is 7.00. The molecule has 102 valence electrons. The monoisotopic (exact) mass is 252 g/mol. The van der Waals surface area contributed by atoms with Crippen molar-refractivity contribution in [3.05, 3.63) is 0 Å². The van der Waals surface area contributed by atoms with Crippen molar-refractivity contribution in [3.8, 4) is 0 Å². The van der Waals surface area contributed by atoms with E-state index in [0.29, 0.717) is 18.9 Å². The van der Waals surface area contributed by atoms with Crippen molar-refractivity contribution >= 4 is 11.8 Å². The highest BCUT2D eigenvalue weighted by Crippen LogP contribution is 2.39. The Morgan fingerprint density at radius 3 is 2.67 bits per heavy atom. The summed E-state index contributed by atoms with van der Waals surface area (Å²) in [5.74, 6) is 0.694. The predicted octanol–water partition coefficient (Wildman–Crippen LogP) is 1.41. The van der Waals surface area contributed by atoms with Crippen LogP contribution < -0.4 is 5.32 Å². The molecule has 2 heterocycles. The van der Waals surface area contributed by atoms with Gasteiger partial charge in [0.1, 0.15) is 0 Å². The number of nitrogens with one attached hydrogen (secondary N) is 1. The van der Waals surface area contributed by atoms with Crippen molar-refractivity contribution < 1.29 is 9.59 Å². The van der Waals surface area contributed by atoms with E-state index in [9.17, 15) is 9.59 Å². The van der Waals surface area contributed by atoms with Crippen LogP contribution in [0.3, 0.4) is 0 Å². The van der Waals surface area contributed by atoms with Crippen LogP contribution in [-0.2, 0) is 9.59 Å². The van der Waals surface area contributed by atoms with E-state index in [1.165, 1.54) is 4.90 Å². The first-order valence-corrected chi connectivity index (χ1v) is 7.00. The van der Waals surface area contributed by atoms with Crippen molar-refractivity contribution in [2.75, 3.05) is 19.6 Å². The molecule has 2 saturated heterocycles. The number of likely N-dealkylation sites (tertiary alicyclic amines) is 1. The number of imide groups is 1. The van der Waals surface area contributed by atoms with Gasteiger partial charge in [0.05, 0.1) is 5.41 Å². The summed E-state index contributed by atoms with van der Waals surface area (Å²) in [5, 5.41) is 3.33. The standard InChI is InChI=1S/C14H24N2O2/c1-10(2)14(3)7-12(17)16(13(14)18)9-11-5-4-6-15-8-11/h10-11,15H,4-9H2,1-3H3. The number of rotatable bonds is 3. The number of piperidine rings is 1. The van der Waals surface area contributed by atoms with Gasteiger partial charge < -0.3 is 5.32 Å². The minimum Gasteiger partial charge on any atom is -0.316 e. The van der Waals surface area contributed by atoms with Crippen LogP contribution in [-0.4, -0.2) is 36.3 Å². The first kappa shape index (κ1) is 13.5. The molecule has 4 heteroatoms. The van der Waals surface area contributed by atoms with E-state index in [-0.39, 0.29) is 17.7 Å². The second kappa shape index (κ2) is 5.00. The molecule has 1 N–H and O–H groups in total. The van der Waals surface area contributed by atoms with Crippen LogP contribution >= 0.6 is 0 Å². The summed E-state index contributed by atoms with van der Waals surface area (Å²) in [6.07, 6.45) is 2.63. The molecule has 2 fully saturated rings. The van der Waals surface area contributed by atoms with Crippen molar-refractivity contribution in [1.29, 1.82) is 0 Å². The zero-order valence-corrected chi connectivity index (χ0v) is 11.7. The Morgan fingerprint density at radius 2 is 2.17 bits per heavy atom. The van der Waals surface area contributed by atoms with Gasteiger partial charge in [-0.25, -0.2) is 0 Å². The molecule has 2 aliphatic heterocycles. The van der Waals surface area contributed by atoms with Crippen molar-refractivity contribution in [3.63, 3.8) is 0 Å². The Kier molecular flexibility index (Phi) is 3.76. The van der Waals surface area contributed by atoms with E-state index in [4.69, 9.17) is 0 Å². The maximum absolute atomic E-state index is 12.4. The molecule has 2 unspecified atom stereocenters. The molecule has 2 amide bonds. The zero-order chi connectivity index (χ0) is 13.3. The number of carbonyl (C=O) groups is 2. The predicted molar refractivity (Wildman–Crippen MR) is 69.9 cm³/mol. The van der Waals surface area contributed by atoms with E-state index < -0.39 is 5.41 Å². The second-order valence-corrected chi connectivity index (χ2v) is 6.27. The van der Waals surface area contributed by atoms with E-state index in [1.807, 2.05) is 20.8 Å². The lowest BCUT2D eigenvalue weighted by Gasteiger charge is -2.29. The van der Waals surface area contributed by atoms with Crippen molar-refractivity contribution in [2.24, 2.45) is 17.3 Å². The summed E-state index contributed by atoms with van der Waals surface area (Å²) in [6.45, 7) is 8.56. The van der Waals surface area contributed by atoms with Crippen molar-refractivity contribution in [1.82, 2.24) is 10.2 Å². The summed E-state index contributed by atoms with van der Waals surface area (Å²) in [7, 11) is 0. The van der Waals surface area contributed by atoms with Crippen molar-refractivity contribution in [2.45, 2.75) is 40.0 Å². The molecule has 0 aromatic carbocycles. The maximum atomic E-state index is 12.4. The van der Waals surface area contributed by atoms with E-state index in [1.54, 1.807) is 0 Å². The van der Waals surface area contributed by atoms with Gasteiger partial charge in [-0.15, -0.1) is 0 Å². The maximum Gasteiger partial charge on any atom is 0.235 e. The Morgan fingerprint density at radius 1 is 1.44 bits per heavy atom. The third-order valence-corrected chi connectivity index (χ3v) is 4.67. The Labute approximate surface area is 109 Å². The number of hydrogen-bond donors (Lipinski definition) is 1. The highest BCUT2D eigenvalue weighted by Gasteiger charge is 2.50. The van der Waals surface area contributed by atoms with Gasteiger partial charge >= 0.3 is 0 Å². The summed E-state index contributed by atoms with van der Waals surface area (Å²) in [6, 6.07) is 0. The van der Waals surface area contributed by atoms with Gasteiger partial charge in [0.15, 0.2) is 0 Å². The lowest BCUT2D eigenvalue weighted by atomic mass is 9.78. The van der Waals surface area contributed by atoms with Crippen LogP contribution in [0.15, 0.2) is 0 Å². The molecular formula is C14H24N2O2.